The molecular weight excluding hydrogens is 316 g/mol. The number of hydrogen-bond acceptors (Lipinski definition) is 3. The first-order chi connectivity index (χ1) is 12.0. The molecule has 0 bridgehead atoms. The average Bonchev–Trinajstić information content (AvgIpc) is 2.60. The first-order valence-electron chi connectivity index (χ1n) is 8.38. The molecule has 0 unspecified atom stereocenters. The Hall–Kier alpha value is -2.82. The highest BCUT2D eigenvalue weighted by Gasteiger charge is 2.06. The topological polar surface area (TPSA) is 67.4 Å². The molecule has 0 aliphatic rings. The third-order valence-corrected chi connectivity index (χ3v) is 3.90. The SMILES string of the molecule is CC[C@H](C)c1ccc(NC(=O)COc2cccc(NC(C)=O)c2)cc1. The average molecular weight is 340 g/mol. The minimum Gasteiger partial charge on any atom is -0.484 e. The van der Waals surface area contributed by atoms with E-state index in [1.54, 1.807) is 24.3 Å². The quantitative estimate of drug-likeness (QED) is 0.795. The first-order valence-corrected chi connectivity index (χ1v) is 8.38. The van der Waals surface area contributed by atoms with Gasteiger partial charge in [0.05, 0.1) is 0 Å². The normalized spacial score (nSPS) is 11.5. The zero-order chi connectivity index (χ0) is 18.2. The molecule has 2 N–H and O–H groups in total. The Bertz CT molecular complexity index is 726. The van der Waals surface area contributed by atoms with Gasteiger partial charge >= 0.3 is 0 Å². The van der Waals surface area contributed by atoms with Crippen LogP contribution in [0.5, 0.6) is 5.75 Å². The van der Waals surface area contributed by atoms with Crippen molar-refractivity contribution in [3.63, 3.8) is 0 Å². The molecule has 0 aromatic heterocycles. The van der Waals surface area contributed by atoms with Crippen molar-refractivity contribution in [1.29, 1.82) is 0 Å². The molecule has 2 aromatic carbocycles. The lowest BCUT2D eigenvalue weighted by Gasteiger charge is -2.11. The van der Waals surface area contributed by atoms with Gasteiger partial charge in [-0.05, 0) is 42.2 Å². The molecule has 0 fully saturated rings. The molecule has 2 aromatic rings. The second kappa shape index (κ2) is 8.87. The van der Waals surface area contributed by atoms with Crippen molar-refractivity contribution in [1.82, 2.24) is 0 Å². The summed E-state index contributed by atoms with van der Waals surface area (Å²) in [4.78, 5) is 23.1. The van der Waals surface area contributed by atoms with Gasteiger partial charge in [-0.25, -0.2) is 0 Å². The molecule has 132 valence electrons. The van der Waals surface area contributed by atoms with Crippen LogP contribution in [0.2, 0.25) is 0 Å². The minimum atomic E-state index is -0.235. The summed E-state index contributed by atoms with van der Waals surface area (Å²) < 4.78 is 5.48. The predicted octanol–water partition coefficient (Wildman–Crippen LogP) is 4.18. The van der Waals surface area contributed by atoms with E-state index in [0.717, 1.165) is 12.1 Å². The highest BCUT2D eigenvalue weighted by Crippen LogP contribution is 2.21. The van der Waals surface area contributed by atoms with E-state index in [1.807, 2.05) is 24.3 Å². The molecule has 2 amide bonds. The third-order valence-electron chi connectivity index (χ3n) is 3.90. The zero-order valence-corrected chi connectivity index (χ0v) is 14.8. The monoisotopic (exact) mass is 340 g/mol. The Morgan fingerprint density at radius 3 is 2.40 bits per heavy atom. The van der Waals surface area contributed by atoms with Gasteiger partial charge in [0.1, 0.15) is 5.75 Å². The van der Waals surface area contributed by atoms with Gasteiger partial charge in [-0.1, -0.05) is 32.0 Å². The molecular formula is C20H24N2O3. The number of amides is 2. The number of ether oxygens (including phenoxy) is 1. The highest BCUT2D eigenvalue weighted by molar-refractivity contribution is 5.92. The lowest BCUT2D eigenvalue weighted by molar-refractivity contribution is -0.118. The maximum absolute atomic E-state index is 12.0. The van der Waals surface area contributed by atoms with Crippen molar-refractivity contribution in [3.05, 3.63) is 54.1 Å². The Kier molecular flexibility index (Phi) is 6.57. The molecule has 1 atom stereocenters. The predicted molar refractivity (Wildman–Crippen MR) is 100 cm³/mol. The second-order valence-corrected chi connectivity index (χ2v) is 5.98. The third kappa shape index (κ3) is 5.95. The fourth-order valence-corrected chi connectivity index (χ4v) is 2.34. The van der Waals surface area contributed by atoms with Crippen molar-refractivity contribution in [2.45, 2.75) is 33.1 Å². The van der Waals surface area contributed by atoms with Gasteiger partial charge in [0, 0.05) is 24.4 Å². The van der Waals surface area contributed by atoms with Crippen molar-refractivity contribution in [2.75, 3.05) is 17.2 Å². The van der Waals surface area contributed by atoms with Crippen LogP contribution in [-0.2, 0) is 9.59 Å². The van der Waals surface area contributed by atoms with Crippen molar-refractivity contribution in [3.8, 4) is 5.75 Å². The highest BCUT2D eigenvalue weighted by atomic mass is 16.5. The minimum absolute atomic E-state index is 0.101. The molecule has 2 rings (SSSR count). The summed E-state index contributed by atoms with van der Waals surface area (Å²) in [6.07, 6.45) is 1.08. The summed E-state index contributed by atoms with van der Waals surface area (Å²) in [6, 6.07) is 14.8. The van der Waals surface area contributed by atoms with Crippen LogP contribution < -0.4 is 15.4 Å². The van der Waals surface area contributed by atoms with Gasteiger partial charge in [-0.2, -0.15) is 0 Å². The van der Waals surface area contributed by atoms with Crippen LogP contribution in [0, 0.1) is 0 Å². The summed E-state index contributed by atoms with van der Waals surface area (Å²) >= 11 is 0. The Morgan fingerprint density at radius 2 is 1.76 bits per heavy atom. The van der Waals surface area contributed by atoms with Crippen LogP contribution in [0.3, 0.4) is 0 Å². The van der Waals surface area contributed by atoms with Crippen LogP contribution >= 0.6 is 0 Å². The van der Waals surface area contributed by atoms with E-state index in [-0.39, 0.29) is 18.4 Å². The molecule has 5 nitrogen and oxygen atoms in total. The number of carbonyl (C=O) groups is 2. The van der Waals surface area contributed by atoms with Gasteiger partial charge in [0.25, 0.3) is 5.91 Å². The number of benzene rings is 2. The molecule has 0 heterocycles. The van der Waals surface area contributed by atoms with Gasteiger partial charge in [0.15, 0.2) is 6.61 Å². The van der Waals surface area contributed by atoms with Crippen molar-refractivity contribution in [2.24, 2.45) is 0 Å². The largest absolute Gasteiger partial charge is 0.484 e. The van der Waals surface area contributed by atoms with E-state index >= 15 is 0 Å². The van der Waals surface area contributed by atoms with Crippen LogP contribution in [0.25, 0.3) is 0 Å². The van der Waals surface area contributed by atoms with E-state index in [9.17, 15) is 9.59 Å². The summed E-state index contributed by atoms with van der Waals surface area (Å²) in [7, 11) is 0. The smallest absolute Gasteiger partial charge is 0.262 e. The summed E-state index contributed by atoms with van der Waals surface area (Å²) in [5, 5.41) is 5.48. The Labute approximate surface area is 148 Å². The fraction of sp³-hybridized carbons (Fsp3) is 0.300. The number of carbonyl (C=O) groups excluding carboxylic acids is 2. The number of rotatable bonds is 7. The van der Waals surface area contributed by atoms with E-state index in [2.05, 4.69) is 24.5 Å². The van der Waals surface area contributed by atoms with Crippen molar-refractivity contribution >= 4 is 23.2 Å². The number of anilines is 2. The molecule has 0 saturated heterocycles. The standard InChI is InChI=1S/C20H24N2O3/c1-4-14(2)16-8-10-17(11-9-16)22-20(24)13-25-19-7-5-6-18(12-19)21-15(3)23/h5-12,14H,4,13H2,1-3H3,(H,21,23)(H,22,24)/t14-/m0/s1. The second-order valence-electron chi connectivity index (χ2n) is 5.98. The maximum atomic E-state index is 12.0. The van der Waals surface area contributed by atoms with Crippen LogP contribution in [-0.4, -0.2) is 18.4 Å². The molecule has 5 heteroatoms. The first kappa shape index (κ1) is 18.5. The fourth-order valence-electron chi connectivity index (χ4n) is 2.34. The van der Waals surface area contributed by atoms with E-state index in [0.29, 0.717) is 17.4 Å². The van der Waals surface area contributed by atoms with Crippen LogP contribution in [0.1, 0.15) is 38.7 Å². The summed E-state index contributed by atoms with van der Waals surface area (Å²) in [5.41, 5.74) is 2.63. The van der Waals surface area contributed by atoms with Gasteiger partial charge < -0.3 is 15.4 Å². The van der Waals surface area contributed by atoms with Crippen molar-refractivity contribution < 1.29 is 14.3 Å². The summed E-state index contributed by atoms with van der Waals surface area (Å²) in [5.74, 6) is 0.634. The van der Waals surface area contributed by atoms with Gasteiger partial charge in [-0.15, -0.1) is 0 Å². The van der Waals surface area contributed by atoms with E-state index in [1.165, 1.54) is 12.5 Å². The van der Waals surface area contributed by atoms with Gasteiger partial charge in [0.2, 0.25) is 5.91 Å². The maximum Gasteiger partial charge on any atom is 0.262 e. The van der Waals surface area contributed by atoms with Crippen LogP contribution in [0.4, 0.5) is 11.4 Å². The van der Waals surface area contributed by atoms with E-state index < -0.39 is 0 Å². The van der Waals surface area contributed by atoms with E-state index in [4.69, 9.17) is 4.74 Å². The molecule has 0 saturated carbocycles. The number of nitrogens with one attached hydrogen (secondary N) is 2. The number of hydrogen-bond donors (Lipinski definition) is 2. The Morgan fingerprint density at radius 1 is 1.04 bits per heavy atom. The molecule has 0 spiro atoms. The zero-order valence-electron chi connectivity index (χ0n) is 14.8. The molecule has 0 aliphatic heterocycles. The lowest BCUT2D eigenvalue weighted by atomic mass is 9.99. The molecule has 0 radical (unpaired) electrons. The molecule has 25 heavy (non-hydrogen) atoms. The summed E-state index contributed by atoms with van der Waals surface area (Å²) in [6.45, 7) is 5.67. The van der Waals surface area contributed by atoms with Crippen LogP contribution in [0.15, 0.2) is 48.5 Å². The molecule has 0 aliphatic carbocycles. The van der Waals surface area contributed by atoms with Gasteiger partial charge in [-0.3, -0.25) is 9.59 Å². The lowest BCUT2D eigenvalue weighted by Crippen LogP contribution is -2.20. The Balaban J connectivity index is 1.87.